The van der Waals surface area contributed by atoms with Crippen molar-refractivity contribution in [3.63, 3.8) is 0 Å². The molecule has 0 aromatic carbocycles. The van der Waals surface area contributed by atoms with E-state index in [0.29, 0.717) is 13.0 Å². The summed E-state index contributed by atoms with van der Waals surface area (Å²) in [6, 6.07) is 1.84. The summed E-state index contributed by atoms with van der Waals surface area (Å²) in [5, 5.41) is 13.8. The second kappa shape index (κ2) is 3.61. The van der Waals surface area contributed by atoms with Crippen molar-refractivity contribution < 1.29 is 9.84 Å². The normalized spacial score (nSPS) is 27.2. The Kier molecular flexibility index (Phi) is 2.56. The largest absolute Gasteiger partial charge is 0.391 e. The van der Waals surface area contributed by atoms with E-state index in [9.17, 15) is 5.11 Å². The molecule has 2 heterocycles. The smallest absolute Gasteiger partial charge is 0.104 e. The molecular weight excluding hydrogens is 192 g/mol. The van der Waals surface area contributed by atoms with Gasteiger partial charge in [-0.05, 0) is 26.8 Å². The second-order valence-electron chi connectivity index (χ2n) is 4.99. The molecule has 0 aliphatic carbocycles. The van der Waals surface area contributed by atoms with Crippen LogP contribution in [-0.4, -0.2) is 27.6 Å². The first-order valence-electron chi connectivity index (χ1n) is 5.24. The van der Waals surface area contributed by atoms with Crippen molar-refractivity contribution >= 4 is 0 Å². The lowest BCUT2D eigenvalue weighted by Crippen LogP contribution is -2.22. The summed E-state index contributed by atoms with van der Waals surface area (Å²) < 4.78 is 7.23. The molecule has 2 atom stereocenters. The Labute approximate surface area is 89.9 Å². The lowest BCUT2D eigenvalue weighted by atomic mass is 10.1. The first-order chi connectivity index (χ1) is 6.97. The van der Waals surface area contributed by atoms with Crippen LogP contribution < -0.4 is 0 Å². The quantitative estimate of drug-likeness (QED) is 0.757. The molecular formula is C11H17N2O2. The van der Waals surface area contributed by atoms with Crippen LogP contribution in [0.25, 0.3) is 0 Å². The fraction of sp³-hybridized carbons (Fsp3) is 0.727. The molecule has 1 N–H and O–H groups in total. The molecule has 0 amide bonds. The third-order valence-electron chi connectivity index (χ3n) is 2.49. The van der Waals surface area contributed by atoms with Gasteiger partial charge in [0.1, 0.15) is 6.10 Å². The number of nitrogens with zero attached hydrogens (tertiary/aromatic N) is 2. The molecule has 1 fully saturated rings. The molecule has 0 saturated carbocycles. The second-order valence-corrected chi connectivity index (χ2v) is 4.99. The van der Waals surface area contributed by atoms with Gasteiger partial charge in [-0.25, -0.2) is 0 Å². The Morgan fingerprint density at radius 1 is 1.60 bits per heavy atom. The standard InChI is InChI=1S/C11H17N2O2/c1-11(2,3)13-5-4-9(12-13)10-6-8(14)7-15-10/h4,8,10,14H,6-7H2,1-3H3/t8-,10-/m1/s1. The molecule has 4 nitrogen and oxygen atoms in total. The summed E-state index contributed by atoms with van der Waals surface area (Å²) >= 11 is 0. The minimum absolute atomic E-state index is 0.0600. The van der Waals surface area contributed by atoms with E-state index in [0.717, 1.165) is 5.69 Å². The van der Waals surface area contributed by atoms with Gasteiger partial charge in [0.2, 0.25) is 0 Å². The molecule has 0 spiro atoms. The van der Waals surface area contributed by atoms with Crippen molar-refractivity contribution in [3.8, 4) is 0 Å². The van der Waals surface area contributed by atoms with E-state index in [2.05, 4.69) is 32.1 Å². The fourth-order valence-electron chi connectivity index (χ4n) is 1.62. The highest BCUT2D eigenvalue weighted by Crippen LogP contribution is 2.28. The van der Waals surface area contributed by atoms with Crippen molar-refractivity contribution in [3.05, 3.63) is 18.0 Å². The van der Waals surface area contributed by atoms with Crippen molar-refractivity contribution in [2.75, 3.05) is 6.61 Å². The van der Waals surface area contributed by atoms with Gasteiger partial charge in [-0.15, -0.1) is 0 Å². The van der Waals surface area contributed by atoms with Crippen LogP contribution >= 0.6 is 0 Å². The summed E-state index contributed by atoms with van der Waals surface area (Å²) in [5.74, 6) is 0. The molecule has 1 aliphatic heterocycles. The lowest BCUT2D eigenvalue weighted by molar-refractivity contribution is 0.0860. The number of aliphatic hydroxyl groups is 1. The van der Waals surface area contributed by atoms with E-state index in [4.69, 9.17) is 4.74 Å². The molecule has 15 heavy (non-hydrogen) atoms. The van der Waals surface area contributed by atoms with Gasteiger partial charge in [-0.1, -0.05) is 0 Å². The average Bonchev–Trinajstić information content (AvgIpc) is 2.69. The zero-order valence-corrected chi connectivity index (χ0v) is 9.40. The third kappa shape index (κ3) is 2.21. The van der Waals surface area contributed by atoms with E-state index in [1.165, 1.54) is 0 Å². The van der Waals surface area contributed by atoms with Gasteiger partial charge < -0.3 is 9.84 Å². The topological polar surface area (TPSA) is 47.3 Å². The SMILES string of the molecule is CC(C)(C)n1[c]cc([C@H]2C[C@@H](O)CO2)n1. The zero-order chi connectivity index (χ0) is 11.1. The molecule has 1 saturated heterocycles. The van der Waals surface area contributed by atoms with E-state index >= 15 is 0 Å². The van der Waals surface area contributed by atoms with Crippen LogP contribution in [0.5, 0.6) is 0 Å². The molecule has 0 unspecified atom stereocenters. The summed E-state index contributed by atoms with van der Waals surface area (Å²) in [6.07, 6.45) is 3.29. The number of hydrogen-bond donors (Lipinski definition) is 1. The van der Waals surface area contributed by atoms with Crippen LogP contribution in [0, 0.1) is 6.20 Å². The Hall–Kier alpha value is -0.870. The maximum atomic E-state index is 9.36. The predicted octanol–water partition coefficient (Wildman–Crippen LogP) is 1.26. The predicted molar refractivity (Wildman–Crippen MR) is 55.4 cm³/mol. The Morgan fingerprint density at radius 3 is 2.80 bits per heavy atom. The Balaban J connectivity index is 2.14. The highest BCUT2D eigenvalue weighted by Gasteiger charge is 2.27. The highest BCUT2D eigenvalue weighted by atomic mass is 16.5. The molecule has 1 aromatic rings. The van der Waals surface area contributed by atoms with Crippen LogP contribution in [0.4, 0.5) is 0 Å². The van der Waals surface area contributed by atoms with Crippen LogP contribution in [-0.2, 0) is 10.3 Å². The summed E-state index contributed by atoms with van der Waals surface area (Å²) in [6.45, 7) is 6.63. The Bertz CT molecular complexity index is 341. The summed E-state index contributed by atoms with van der Waals surface area (Å²) in [4.78, 5) is 0. The molecule has 0 bridgehead atoms. The van der Waals surface area contributed by atoms with Crippen molar-refractivity contribution in [1.82, 2.24) is 9.78 Å². The van der Waals surface area contributed by atoms with Crippen molar-refractivity contribution in [2.24, 2.45) is 0 Å². The van der Waals surface area contributed by atoms with E-state index in [1.54, 1.807) is 4.68 Å². The van der Waals surface area contributed by atoms with Crippen LogP contribution in [0.3, 0.4) is 0 Å². The van der Waals surface area contributed by atoms with Crippen LogP contribution in [0.2, 0.25) is 0 Å². The zero-order valence-electron chi connectivity index (χ0n) is 9.40. The molecule has 4 heteroatoms. The van der Waals surface area contributed by atoms with Gasteiger partial charge in [0.05, 0.1) is 30.1 Å². The number of aliphatic hydroxyl groups excluding tert-OH is 1. The monoisotopic (exact) mass is 209 g/mol. The number of rotatable bonds is 1. The minimum Gasteiger partial charge on any atom is -0.391 e. The summed E-state index contributed by atoms with van der Waals surface area (Å²) in [7, 11) is 0. The van der Waals surface area contributed by atoms with E-state index < -0.39 is 0 Å². The van der Waals surface area contributed by atoms with Gasteiger partial charge in [0.15, 0.2) is 0 Å². The third-order valence-corrected chi connectivity index (χ3v) is 2.49. The minimum atomic E-state index is -0.352. The van der Waals surface area contributed by atoms with Crippen molar-refractivity contribution in [1.29, 1.82) is 0 Å². The summed E-state index contributed by atoms with van der Waals surface area (Å²) in [5.41, 5.74) is 0.802. The lowest BCUT2D eigenvalue weighted by Gasteiger charge is -2.18. The molecule has 1 radical (unpaired) electrons. The molecule has 1 aliphatic rings. The van der Waals surface area contributed by atoms with Gasteiger partial charge in [-0.3, -0.25) is 4.68 Å². The van der Waals surface area contributed by atoms with E-state index in [-0.39, 0.29) is 17.7 Å². The Morgan fingerprint density at radius 2 is 2.33 bits per heavy atom. The van der Waals surface area contributed by atoms with Crippen molar-refractivity contribution in [2.45, 2.75) is 44.9 Å². The fourth-order valence-corrected chi connectivity index (χ4v) is 1.62. The molecule has 83 valence electrons. The van der Waals surface area contributed by atoms with Gasteiger partial charge in [0, 0.05) is 6.42 Å². The first kappa shape index (κ1) is 10.6. The first-order valence-corrected chi connectivity index (χ1v) is 5.24. The van der Waals surface area contributed by atoms with Gasteiger partial charge in [-0.2, -0.15) is 5.10 Å². The number of ether oxygens (including phenoxy) is 1. The average molecular weight is 209 g/mol. The highest BCUT2D eigenvalue weighted by molar-refractivity contribution is 5.05. The maximum absolute atomic E-state index is 9.36. The number of aromatic nitrogens is 2. The molecule has 1 aromatic heterocycles. The molecule has 2 rings (SSSR count). The van der Waals surface area contributed by atoms with Gasteiger partial charge >= 0.3 is 0 Å². The van der Waals surface area contributed by atoms with Gasteiger partial charge in [0.25, 0.3) is 0 Å². The number of hydrogen-bond acceptors (Lipinski definition) is 3. The maximum Gasteiger partial charge on any atom is 0.104 e. The van der Waals surface area contributed by atoms with Crippen LogP contribution in [0.15, 0.2) is 6.07 Å². The van der Waals surface area contributed by atoms with E-state index in [1.807, 2.05) is 6.07 Å². The van der Waals surface area contributed by atoms with Crippen LogP contribution in [0.1, 0.15) is 39.0 Å².